The van der Waals surface area contributed by atoms with E-state index in [9.17, 15) is 4.79 Å². The van der Waals surface area contributed by atoms with Gasteiger partial charge in [0.15, 0.2) is 5.84 Å². The predicted octanol–water partition coefficient (Wildman–Crippen LogP) is 0.885. The largest absolute Gasteiger partial charge is 0.409 e. The summed E-state index contributed by atoms with van der Waals surface area (Å²) in [4.78, 5) is 12.1. The molecule has 8 heteroatoms. The van der Waals surface area contributed by atoms with E-state index in [1.54, 1.807) is 24.3 Å². The van der Waals surface area contributed by atoms with Crippen LogP contribution in [0.1, 0.15) is 15.2 Å². The summed E-state index contributed by atoms with van der Waals surface area (Å²) in [5.74, 6) is -0.263. The number of rotatable bonds is 3. The number of amidine groups is 1. The first-order valence-corrected chi connectivity index (χ1v) is 5.64. The molecule has 1 amide bonds. The maximum Gasteiger partial charge on any atom is 0.269 e. The molecule has 0 aliphatic rings. The number of benzene rings is 1. The average molecular weight is 263 g/mol. The van der Waals surface area contributed by atoms with Gasteiger partial charge in [-0.2, -0.15) is 0 Å². The summed E-state index contributed by atoms with van der Waals surface area (Å²) in [5.41, 5.74) is 6.59. The van der Waals surface area contributed by atoms with Crippen LogP contribution in [0.5, 0.6) is 0 Å². The molecule has 92 valence electrons. The number of oxime groups is 1. The number of hydrogen-bond acceptors (Lipinski definition) is 6. The highest BCUT2D eigenvalue weighted by atomic mass is 32.1. The molecule has 2 aromatic rings. The predicted molar refractivity (Wildman–Crippen MR) is 66.8 cm³/mol. The van der Waals surface area contributed by atoms with Crippen LogP contribution in [0.4, 0.5) is 5.69 Å². The fraction of sp³-hybridized carbons (Fsp3) is 0. The van der Waals surface area contributed by atoms with Crippen LogP contribution in [0.2, 0.25) is 0 Å². The molecule has 4 N–H and O–H groups in total. The van der Waals surface area contributed by atoms with Crippen LogP contribution in [0.3, 0.4) is 0 Å². The van der Waals surface area contributed by atoms with Crippen LogP contribution in [0.15, 0.2) is 35.6 Å². The molecule has 18 heavy (non-hydrogen) atoms. The number of nitrogens with one attached hydrogen (secondary N) is 1. The molecule has 0 spiro atoms. The zero-order valence-electron chi connectivity index (χ0n) is 9.07. The summed E-state index contributed by atoms with van der Waals surface area (Å²) < 4.78 is 3.60. The Balaban J connectivity index is 2.09. The molecule has 0 saturated heterocycles. The third-order valence-corrected chi connectivity index (χ3v) is 2.79. The fourth-order valence-electron chi connectivity index (χ4n) is 1.24. The Hall–Kier alpha value is -2.48. The Morgan fingerprint density at radius 3 is 2.67 bits per heavy atom. The molecule has 0 atom stereocenters. The highest BCUT2D eigenvalue weighted by Gasteiger charge is 2.08. The molecular weight excluding hydrogens is 254 g/mol. The minimum absolute atomic E-state index is 0.0135. The van der Waals surface area contributed by atoms with Gasteiger partial charge in [0.2, 0.25) is 0 Å². The van der Waals surface area contributed by atoms with Crippen molar-refractivity contribution in [1.82, 2.24) is 9.59 Å². The Kier molecular flexibility index (Phi) is 3.49. The summed E-state index contributed by atoms with van der Waals surface area (Å²) in [6.07, 6.45) is 1.39. The lowest BCUT2D eigenvalue weighted by Crippen LogP contribution is -2.13. The Morgan fingerprint density at radius 2 is 2.11 bits per heavy atom. The number of aromatic nitrogens is 2. The second-order valence-electron chi connectivity index (χ2n) is 3.30. The van der Waals surface area contributed by atoms with Crippen molar-refractivity contribution in [1.29, 1.82) is 0 Å². The van der Waals surface area contributed by atoms with Crippen LogP contribution in [0.25, 0.3) is 0 Å². The quantitative estimate of drug-likeness (QED) is 0.329. The monoisotopic (exact) mass is 263 g/mol. The molecular formula is C10H9N5O2S. The van der Waals surface area contributed by atoms with Gasteiger partial charge >= 0.3 is 0 Å². The molecule has 2 rings (SSSR count). The van der Waals surface area contributed by atoms with E-state index in [2.05, 4.69) is 20.1 Å². The first-order valence-electron chi connectivity index (χ1n) is 4.87. The number of anilines is 1. The van der Waals surface area contributed by atoms with Crippen molar-refractivity contribution in [2.75, 3.05) is 5.32 Å². The summed E-state index contributed by atoms with van der Waals surface area (Å²) in [5, 5.41) is 17.6. The van der Waals surface area contributed by atoms with Gasteiger partial charge in [0, 0.05) is 11.3 Å². The van der Waals surface area contributed by atoms with Crippen LogP contribution in [0, 0.1) is 0 Å². The van der Waals surface area contributed by atoms with E-state index in [1.807, 2.05) is 0 Å². The lowest BCUT2D eigenvalue weighted by molar-refractivity contribution is 0.103. The second-order valence-corrected chi connectivity index (χ2v) is 4.08. The van der Waals surface area contributed by atoms with E-state index in [4.69, 9.17) is 10.9 Å². The molecule has 0 aliphatic heterocycles. The van der Waals surface area contributed by atoms with E-state index in [0.29, 0.717) is 16.1 Å². The molecule has 0 saturated carbocycles. The van der Waals surface area contributed by atoms with Gasteiger partial charge in [-0.25, -0.2) is 0 Å². The lowest BCUT2D eigenvalue weighted by atomic mass is 10.2. The van der Waals surface area contributed by atoms with Gasteiger partial charge in [-0.15, -0.1) is 5.10 Å². The van der Waals surface area contributed by atoms with E-state index in [0.717, 1.165) is 11.5 Å². The van der Waals surface area contributed by atoms with Gasteiger partial charge < -0.3 is 16.3 Å². The number of amides is 1. The van der Waals surface area contributed by atoms with E-state index in [-0.39, 0.29) is 11.7 Å². The van der Waals surface area contributed by atoms with Crippen molar-refractivity contribution in [2.45, 2.75) is 0 Å². The minimum atomic E-state index is -0.276. The van der Waals surface area contributed by atoms with Crippen molar-refractivity contribution in [3.05, 3.63) is 40.9 Å². The molecule has 0 bridgehead atoms. The second kappa shape index (κ2) is 5.23. The summed E-state index contributed by atoms with van der Waals surface area (Å²) >= 11 is 1.02. The summed E-state index contributed by atoms with van der Waals surface area (Å²) in [6, 6.07) is 6.57. The molecule has 0 fully saturated rings. The van der Waals surface area contributed by atoms with Gasteiger partial charge in [-0.1, -0.05) is 9.64 Å². The standard InChI is InChI=1S/C10H9N5O2S/c11-9(14-17)6-1-3-7(4-2-6)13-10(16)8-5-12-15-18-8/h1-5,17H,(H2,11,14)(H,13,16). The highest BCUT2D eigenvalue weighted by Crippen LogP contribution is 2.12. The maximum atomic E-state index is 11.7. The number of nitrogens with two attached hydrogens (primary N) is 1. The molecule has 0 radical (unpaired) electrons. The molecule has 0 unspecified atom stereocenters. The molecule has 1 aromatic heterocycles. The molecule has 7 nitrogen and oxygen atoms in total. The molecule has 1 heterocycles. The smallest absolute Gasteiger partial charge is 0.269 e. The van der Waals surface area contributed by atoms with Crippen LogP contribution in [-0.4, -0.2) is 26.5 Å². The van der Waals surface area contributed by atoms with Crippen molar-refractivity contribution in [3.63, 3.8) is 0 Å². The zero-order valence-corrected chi connectivity index (χ0v) is 9.89. The van der Waals surface area contributed by atoms with Crippen molar-refractivity contribution in [2.24, 2.45) is 10.9 Å². The van der Waals surface area contributed by atoms with Crippen molar-refractivity contribution in [3.8, 4) is 0 Å². The van der Waals surface area contributed by atoms with Crippen LogP contribution < -0.4 is 11.1 Å². The van der Waals surface area contributed by atoms with Gasteiger partial charge in [0.25, 0.3) is 5.91 Å². The first kappa shape index (κ1) is 12.0. The molecule has 0 aliphatic carbocycles. The third kappa shape index (κ3) is 2.61. The van der Waals surface area contributed by atoms with Crippen molar-refractivity contribution >= 4 is 29.0 Å². The number of nitrogens with zero attached hydrogens (tertiary/aromatic N) is 3. The Labute approximate surface area is 106 Å². The maximum absolute atomic E-state index is 11.7. The number of carbonyl (C=O) groups is 1. The highest BCUT2D eigenvalue weighted by molar-refractivity contribution is 7.07. The third-order valence-electron chi connectivity index (χ3n) is 2.13. The Bertz CT molecular complexity index is 564. The van der Waals surface area contributed by atoms with Crippen LogP contribution >= 0.6 is 11.5 Å². The zero-order chi connectivity index (χ0) is 13.0. The van der Waals surface area contributed by atoms with Gasteiger partial charge in [-0.3, -0.25) is 4.79 Å². The summed E-state index contributed by atoms with van der Waals surface area (Å²) in [7, 11) is 0. The van der Waals surface area contributed by atoms with Crippen LogP contribution in [-0.2, 0) is 0 Å². The normalized spacial score (nSPS) is 11.2. The lowest BCUT2D eigenvalue weighted by Gasteiger charge is -2.04. The topological polar surface area (TPSA) is 113 Å². The SMILES string of the molecule is NC(=NO)c1ccc(NC(=O)c2cnns2)cc1. The van der Waals surface area contributed by atoms with E-state index < -0.39 is 0 Å². The average Bonchev–Trinajstić information content (AvgIpc) is 2.92. The minimum Gasteiger partial charge on any atom is -0.409 e. The Morgan fingerprint density at radius 1 is 1.39 bits per heavy atom. The first-order chi connectivity index (χ1) is 8.70. The van der Waals surface area contributed by atoms with Gasteiger partial charge in [0.05, 0.1) is 6.20 Å². The van der Waals surface area contributed by atoms with Gasteiger partial charge in [-0.05, 0) is 35.8 Å². The molecule has 1 aromatic carbocycles. The number of hydrogen-bond donors (Lipinski definition) is 3. The van der Waals surface area contributed by atoms with Crippen molar-refractivity contribution < 1.29 is 10.0 Å². The van der Waals surface area contributed by atoms with E-state index >= 15 is 0 Å². The van der Waals surface area contributed by atoms with E-state index in [1.165, 1.54) is 6.20 Å². The fourth-order valence-corrected chi connectivity index (χ4v) is 1.65. The van der Waals surface area contributed by atoms with Gasteiger partial charge in [0.1, 0.15) is 4.88 Å². The summed E-state index contributed by atoms with van der Waals surface area (Å²) in [6.45, 7) is 0. The number of carbonyl (C=O) groups excluding carboxylic acids is 1.